The molecule has 2 aromatic rings. The number of allylic oxidation sites excluding steroid dienone is 4. The van der Waals surface area contributed by atoms with Crippen LogP contribution < -0.4 is 10.5 Å². The third kappa shape index (κ3) is 4.31. The van der Waals surface area contributed by atoms with Crippen molar-refractivity contribution in [3.63, 3.8) is 0 Å². The third-order valence-corrected chi connectivity index (χ3v) is 11.8. The Morgan fingerprint density at radius 1 is 1.22 bits per heavy atom. The first-order valence-corrected chi connectivity index (χ1v) is 15.8. The Hall–Kier alpha value is -3.37. The van der Waals surface area contributed by atoms with Crippen molar-refractivity contribution in [2.45, 2.75) is 77.2 Å². The monoisotopic (exact) mass is 617 g/mol. The molecule has 0 bridgehead atoms. The predicted molar refractivity (Wildman–Crippen MR) is 163 cm³/mol. The molecule has 0 aromatic heterocycles. The zero-order valence-electron chi connectivity index (χ0n) is 25.8. The van der Waals surface area contributed by atoms with Crippen molar-refractivity contribution >= 4 is 17.3 Å². The van der Waals surface area contributed by atoms with E-state index in [1.807, 2.05) is 13.0 Å². The molecule has 4 fully saturated rings. The van der Waals surface area contributed by atoms with Crippen LogP contribution in [0.25, 0.3) is 0 Å². The fourth-order valence-electron chi connectivity index (χ4n) is 9.72. The number of carbonyl (C=O) groups excluding carboxylic acids is 2. The van der Waals surface area contributed by atoms with E-state index >= 15 is 4.39 Å². The minimum absolute atomic E-state index is 0.0318. The number of hydrogen-bond donors (Lipinski definition) is 3. The molecule has 4 aliphatic carbocycles. The largest absolute Gasteiger partial charge is 0.489 e. The molecular formula is C36H40FNO7. The number of aliphatic hydroxyl groups excluding tert-OH is 2. The van der Waals surface area contributed by atoms with Crippen molar-refractivity contribution in [2.24, 2.45) is 28.6 Å². The number of nitrogens with two attached hydrogens (primary N) is 1. The number of halogens is 1. The molecule has 9 heteroatoms. The van der Waals surface area contributed by atoms with Crippen molar-refractivity contribution in [1.29, 1.82) is 0 Å². The molecule has 0 amide bonds. The molecule has 7 rings (SSSR count). The number of Topliss-reactive ketones (excluding diaryl/α,β-unsaturated/α-hetero) is 1. The summed E-state index contributed by atoms with van der Waals surface area (Å²) >= 11 is 0. The molecule has 0 spiro atoms. The second-order valence-corrected chi connectivity index (χ2v) is 14.0. The SMILES string of the molecule is Cc1ccc(COc2cccc(N)c2)c(F)c1[C@@H]1O[C@@H]2C[C@H]3[C@@H]4CCC5=CC(=O)C=C[C@]5(C)[C@H]4[C@@H](O)C[C@]3(C)[C@]2(C(=O)CO)O1. The lowest BCUT2D eigenvalue weighted by Gasteiger charge is -2.59. The van der Waals surface area contributed by atoms with Gasteiger partial charge in [0.25, 0.3) is 0 Å². The van der Waals surface area contributed by atoms with Crippen LogP contribution in [-0.2, 0) is 25.7 Å². The maximum absolute atomic E-state index is 16.2. The number of hydrogen-bond acceptors (Lipinski definition) is 8. The van der Waals surface area contributed by atoms with Gasteiger partial charge < -0.3 is 30.2 Å². The quantitative estimate of drug-likeness (QED) is 0.391. The van der Waals surface area contributed by atoms with Gasteiger partial charge in [0, 0.05) is 39.6 Å². The van der Waals surface area contributed by atoms with Crippen molar-refractivity contribution in [2.75, 3.05) is 12.3 Å². The molecule has 2 aromatic carbocycles. The predicted octanol–water partition coefficient (Wildman–Crippen LogP) is 4.90. The average molecular weight is 618 g/mol. The Morgan fingerprint density at radius 2 is 2.02 bits per heavy atom. The maximum Gasteiger partial charge on any atom is 0.193 e. The lowest BCUT2D eigenvalue weighted by molar-refractivity contribution is -0.201. The zero-order chi connectivity index (χ0) is 31.9. The normalized spacial score (nSPS) is 38.2. The maximum atomic E-state index is 16.2. The van der Waals surface area contributed by atoms with Crippen LogP contribution in [0.3, 0.4) is 0 Å². The summed E-state index contributed by atoms with van der Waals surface area (Å²) in [6, 6.07) is 10.3. The average Bonchev–Trinajstić information content (AvgIpc) is 3.49. The summed E-state index contributed by atoms with van der Waals surface area (Å²) < 4.78 is 35.2. The van der Waals surface area contributed by atoms with E-state index in [-0.39, 0.29) is 42.1 Å². The van der Waals surface area contributed by atoms with Gasteiger partial charge in [0.15, 0.2) is 23.5 Å². The number of aliphatic hydroxyl groups is 2. The van der Waals surface area contributed by atoms with Crippen LogP contribution in [-0.4, -0.2) is 46.2 Å². The highest BCUT2D eigenvalue weighted by Crippen LogP contribution is 2.70. The van der Waals surface area contributed by atoms with Crippen LogP contribution in [0.2, 0.25) is 0 Å². The summed E-state index contributed by atoms with van der Waals surface area (Å²) in [6.07, 6.45) is 4.73. The van der Waals surface area contributed by atoms with Gasteiger partial charge in [-0.2, -0.15) is 0 Å². The number of benzene rings is 2. The van der Waals surface area contributed by atoms with Gasteiger partial charge in [-0.3, -0.25) is 9.59 Å². The molecule has 4 N–H and O–H groups in total. The standard InChI is InChI=1S/C36H40FNO7/c1-19-7-8-20(18-43-24-6-4-5-22(38)14-24)32(37)30(19)33-44-29-15-26-25-10-9-21-13-23(40)11-12-34(21,2)31(25)27(41)16-35(26,3)36(29,45-33)28(42)17-39/h4-8,11-14,25-27,29,31,33,39,41H,9-10,15-18,38H2,1-3H3/t25-,26-,27-,29+,31+,33+,34-,35-,36+/m0/s1. The lowest BCUT2D eigenvalue weighted by Crippen LogP contribution is -2.63. The molecule has 0 radical (unpaired) electrons. The van der Waals surface area contributed by atoms with Crippen LogP contribution in [0.5, 0.6) is 5.75 Å². The molecule has 45 heavy (non-hydrogen) atoms. The van der Waals surface area contributed by atoms with Gasteiger partial charge in [0.2, 0.25) is 0 Å². The van der Waals surface area contributed by atoms with E-state index in [4.69, 9.17) is 19.9 Å². The summed E-state index contributed by atoms with van der Waals surface area (Å²) in [7, 11) is 0. The molecule has 238 valence electrons. The first-order valence-electron chi connectivity index (χ1n) is 15.8. The molecule has 5 aliphatic rings. The Kier molecular flexibility index (Phi) is 7.13. The van der Waals surface area contributed by atoms with E-state index in [1.165, 1.54) is 0 Å². The van der Waals surface area contributed by atoms with Crippen molar-refractivity contribution in [3.8, 4) is 5.75 Å². The van der Waals surface area contributed by atoms with E-state index in [2.05, 4.69) is 6.92 Å². The molecule has 9 atom stereocenters. The van der Waals surface area contributed by atoms with Gasteiger partial charge in [-0.15, -0.1) is 0 Å². The van der Waals surface area contributed by atoms with E-state index in [0.717, 1.165) is 18.4 Å². The third-order valence-electron chi connectivity index (χ3n) is 11.8. The van der Waals surface area contributed by atoms with Gasteiger partial charge in [-0.25, -0.2) is 4.39 Å². The lowest BCUT2D eigenvalue weighted by atomic mass is 9.46. The Labute approximate surface area is 262 Å². The van der Waals surface area contributed by atoms with Gasteiger partial charge in [0.1, 0.15) is 24.8 Å². The van der Waals surface area contributed by atoms with Gasteiger partial charge in [-0.1, -0.05) is 43.7 Å². The molecule has 1 aliphatic heterocycles. The highest BCUT2D eigenvalue weighted by Gasteiger charge is 2.76. The molecule has 1 heterocycles. The zero-order valence-corrected chi connectivity index (χ0v) is 25.8. The Morgan fingerprint density at radius 3 is 2.78 bits per heavy atom. The van der Waals surface area contributed by atoms with Gasteiger partial charge >= 0.3 is 0 Å². The van der Waals surface area contributed by atoms with Crippen LogP contribution >= 0.6 is 0 Å². The Balaban J connectivity index is 1.21. The van der Waals surface area contributed by atoms with Gasteiger partial charge in [-0.05, 0) is 74.3 Å². The first-order chi connectivity index (χ1) is 21.4. The fraction of sp³-hybridized carbons (Fsp3) is 0.500. The van der Waals surface area contributed by atoms with E-state index in [0.29, 0.717) is 29.0 Å². The Bertz CT molecular complexity index is 1640. The number of anilines is 1. The first kappa shape index (κ1) is 30.3. The number of ketones is 2. The summed E-state index contributed by atoms with van der Waals surface area (Å²) in [4.78, 5) is 26.0. The molecular weight excluding hydrogens is 577 g/mol. The molecule has 0 unspecified atom stereocenters. The molecule has 8 nitrogen and oxygen atoms in total. The minimum Gasteiger partial charge on any atom is -0.489 e. The highest BCUT2D eigenvalue weighted by atomic mass is 19.1. The van der Waals surface area contributed by atoms with E-state index in [1.54, 1.807) is 55.5 Å². The molecule has 1 saturated heterocycles. The topological polar surface area (TPSA) is 128 Å². The fourth-order valence-corrected chi connectivity index (χ4v) is 9.72. The molecule has 3 saturated carbocycles. The highest BCUT2D eigenvalue weighted by molar-refractivity contribution is 6.01. The van der Waals surface area contributed by atoms with E-state index < -0.39 is 53.1 Å². The van der Waals surface area contributed by atoms with Crippen molar-refractivity contribution in [1.82, 2.24) is 0 Å². The van der Waals surface area contributed by atoms with Crippen molar-refractivity contribution < 1.29 is 38.4 Å². The number of ether oxygens (including phenoxy) is 3. The summed E-state index contributed by atoms with van der Waals surface area (Å²) in [5.74, 6) is -0.754. The number of nitrogen functional groups attached to an aromatic ring is 1. The number of rotatable bonds is 6. The minimum atomic E-state index is -1.56. The van der Waals surface area contributed by atoms with Crippen LogP contribution in [0, 0.1) is 41.3 Å². The second kappa shape index (κ2) is 10.6. The smallest absolute Gasteiger partial charge is 0.193 e. The number of fused-ring (bicyclic) bond motifs is 7. The number of carbonyl (C=O) groups is 2. The van der Waals surface area contributed by atoms with Crippen molar-refractivity contribution in [3.05, 3.63) is 82.7 Å². The van der Waals surface area contributed by atoms with Crippen LogP contribution in [0.1, 0.15) is 62.5 Å². The summed E-state index contributed by atoms with van der Waals surface area (Å²) in [6.45, 7) is 5.00. The summed E-state index contributed by atoms with van der Waals surface area (Å²) in [5.41, 5.74) is 5.59. The second-order valence-electron chi connectivity index (χ2n) is 14.0. The van der Waals surface area contributed by atoms with Crippen LogP contribution in [0.4, 0.5) is 10.1 Å². The number of aryl methyl sites for hydroxylation is 1. The van der Waals surface area contributed by atoms with Crippen LogP contribution in [0.15, 0.2) is 60.2 Å². The summed E-state index contributed by atoms with van der Waals surface area (Å²) in [5, 5.41) is 22.1. The van der Waals surface area contributed by atoms with E-state index in [9.17, 15) is 19.8 Å². The van der Waals surface area contributed by atoms with Gasteiger partial charge in [0.05, 0.1) is 12.2 Å².